The Morgan fingerprint density at radius 2 is 1.89 bits per heavy atom. The third kappa shape index (κ3) is 3.24. The van der Waals surface area contributed by atoms with Crippen LogP contribution < -0.4 is 5.43 Å². The number of esters is 2. The largest absolute Gasteiger partial charge is 0.466 e. The van der Waals surface area contributed by atoms with Crippen LogP contribution >= 0.6 is 0 Å². The van der Waals surface area contributed by atoms with Gasteiger partial charge in [-0.1, -0.05) is 0 Å². The third-order valence-corrected chi connectivity index (χ3v) is 4.87. The van der Waals surface area contributed by atoms with E-state index in [0.29, 0.717) is 6.42 Å². The number of hydrazine groups is 1. The van der Waals surface area contributed by atoms with E-state index in [4.69, 9.17) is 14.2 Å². The number of fused-ring (bicyclic) bond motifs is 1. The normalized spacial score (nSPS) is 27.3. The van der Waals surface area contributed by atoms with Crippen molar-refractivity contribution in [3.05, 3.63) is 11.3 Å². The summed E-state index contributed by atoms with van der Waals surface area (Å²) in [5.74, 6) is -1.48. The summed E-state index contributed by atoms with van der Waals surface area (Å²) in [5.41, 5.74) is -1.59. The van der Waals surface area contributed by atoms with Crippen LogP contribution in [0.15, 0.2) is 11.3 Å². The summed E-state index contributed by atoms with van der Waals surface area (Å²) in [4.78, 5) is 37.7. The number of hydrogen-bond acceptors (Lipinski definition) is 8. The van der Waals surface area contributed by atoms with Gasteiger partial charge < -0.3 is 19.3 Å². The molecule has 1 saturated carbocycles. The fourth-order valence-electron chi connectivity index (χ4n) is 3.95. The van der Waals surface area contributed by atoms with Gasteiger partial charge in [0.15, 0.2) is 11.1 Å². The van der Waals surface area contributed by atoms with E-state index >= 15 is 0 Å². The molecule has 0 aromatic heterocycles. The molecule has 0 aromatic rings. The average molecular weight is 384 g/mol. The van der Waals surface area contributed by atoms with E-state index in [2.05, 4.69) is 5.43 Å². The topological polar surface area (TPSA) is 114 Å². The van der Waals surface area contributed by atoms with E-state index in [1.165, 1.54) is 14.0 Å². The molecule has 0 aromatic carbocycles. The van der Waals surface area contributed by atoms with Gasteiger partial charge in [0, 0.05) is 5.70 Å². The number of nitrogens with one attached hydrogen (secondary N) is 1. The van der Waals surface area contributed by atoms with Gasteiger partial charge >= 0.3 is 18.0 Å². The summed E-state index contributed by atoms with van der Waals surface area (Å²) >= 11 is 0. The maximum Gasteiger partial charge on any atom is 0.426 e. The van der Waals surface area contributed by atoms with Gasteiger partial charge in [-0.25, -0.2) is 15.0 Å². The van der Waals surface area contributed by atoms with Crippen LogP contribution in [0, 0.1) is 5.41 Å². The van der Waals surface area contributed by atoms with Crippen molar-refractivity contribution < 1.29 is 33.7 Å². The molecule has 9 heteroatoms. The summed E-state index contributed by atoms with van der Waals surface area (Å²) in [6.45, 7) is 8.36. The minimum Gasteiger partial charge on any atom is -0.466 e. The van der Waals surface area contributed by atoms with E-state index in [9.17, 15) is 19.5 Å². The van der Waals surface area contributed by atoms with Crippen LogP contribution in [0.2, 0.25) is 0 Å². The van der Waals surface area contributed by atoms with Crippen molar-refractivity contribution in [3.8, 4) is 0 Å². The second-order valence-corrected chi connectivity index (χ2v) is 7.70. The molecule has 1 amide bonds. The fraction of sp³-hybridized carbons (Fsp3) is 0.722. The molecule has 2 N–H and O–H groups in total. The van der Waals surface area contributed by atoms with Crippen molar-refractivity contribution in [1.29, 1.82) is 0 Å². The summed E-state index contributed by atoms with van der Waals surface area (Å²) in [6.07, 6.45) is -0.0166. The summed E-state index contributed by atoms with van der Waals surface area (Å²) < 4.78 is 15.3. The average Bonchev–Trinajstić information content (AvgIpc) is 2.97. The second-order valence-electron chi connectivity index (χ2n) is 7.70. The number of amides is 1. The fourth-order valence-corrected chi connectivity index (χ4v) is 3.95. The molecule has 1 aliphatic carbocycles. The Morgan fingerprint density at radius 3 is 2.41 bits per heavy atom. The van der Waals surface area contributed by atoms with E-state index < -0.39 is 34.8 Å². The third-order valence-electron chi connectivity index (χ3n) is 4.87. The number of carbonyl (C=O) groups excluding carboxylic acids is 3. The number of carbonyl (C=O) groups is 3. The molecule has 1 aliphatic heterocycles. The molecule has 152 valence electrons. The van der Waals surface area contributed by atoms with Gasteiger partial charge in [-0.2, -0.15) is 0 Å². The molecule has 9 nitrogen and oxygen atoms in total. The highest BCUT2D eigenvalue weighted by Gasteiger charge is 2.72. The molecular weight excluding hydrogens is 356 g/mol. The maximum absolute atomic E-state index is 12.9. The monoisotopic (exact) mass is 384 g/mol. The number of methoxy groups -OCH3 is 1. The first-order valence-electron chi connectivity index (χ1n) is 8.93. The van der Waals surface area contributed by atoms with Gasteiger partial charge in [0.1, 0.15) is 5.60 Å². The zero-order valence-electron chi connectivity index (χ0n) is 16.7. The molecule has 1 fully saturated rings. The van der Waals surface area contributed by atoms with Gasteiger partial charge in [0.2, 0.25) is 0 Å². The van der Waals surface area contributed by atoms with Crippen LogP contribution in [0.1, 0.15) is 53.9 Å². The molecule has 0 unspecified atom stereocenters. The van der Waals surface area contributed by atoms with Crippen molar-refractivity contribution in [2.24, 2.45) is 5.41 Å². The minimum absolute atomic E-state index is 0.0143. The minimum atomic E-state index is -1.86. The van der Waals surface area contributed by atoms with E-state index in [-0.39, 0.29) is 30.7 Å². The molecule has 2 atom stereocenters. The lowest BCUT2D eigenvalue weighted by atomic mass is 9.75. The molecule has 0 saturated heterocycles. The van der Waals surface area contributed by atoms with Crippen molar-refractivity contribution >= 4 is 18.0 Å². The van der Waals surface area contributed by atoms with Gasteiger partial charge in [0.25, 0.3) is 0 Å². The number of ether oxygens (including phenoxy) is 3. The van der Waals surface area contributed by atoms with Crippen LogP contribution in [-0.2, 0) is 23.8 Å². The summed E-state index contributed by atoms with van der Waals surface area (Å²) in [5, 5.41) is 12.6. The van der Waals surface area contributed by atoms with E-state index in [1.807, 2.05) is 0 Å². The Bertz CT molecular complexity index is 682. The van der Waals surface area contributed by atoms with Gasteiger partial charge in [-0.05, 0) is 53.9 Å². The van der Waals surface area contributed by atoms with Gasteiger partial charge in [0.05, 0.1) is 19.3 Å². The van der Waals surface area contributed by atoms with Crippen LogP contribution in [0.25, 0.3) is 0 Å². The number of rotatable bonds is 4. The predicted octanol–water partition coefficient (Wildman–Crippen LogP) is 1.61. The molecule has 2 rings (SSSR count). The molecule has 2 aliphatic rings. The lowest BCUT2D eigenvalue weighted by Gasteiger charge is -2.41. The number of allylic oxidation sites excluding steroid dienone is 1. The smallest absolute Gasteiger partial charge is 0.426 e. The first-order valence-corrected chi connectivity index (χ1v) is 8.93. The van der Waals surface area contributed by atoms with Crippen LogP contribution in [-0.4, -0.2) is 53.2 Å². The van der Waals surface area contributed by atoms with Gasteiger partial charge in [-0.3, -0.25) is 9.80 Å². The highest BCUT2D eigenvalue weighted by Crippen LogP contribution is 2.59. The highest BCUT2D eigenvalue weighted by molar-refractivity contribution is 6.01. The second kappa shape index (κ2) is 7.03. The van der Waals surface area contributed by atoms with Crippen molar-refractivity contribution in [3.63, 3.8) is 0 Å². The Morgan fingerprint density at radius 1 is 1.26 bits per heavy atom. The maximum atomic E-state index is 12.9. The lowest BCUT2D eigenvalue weighted by Crippen LogP contribution is -2.61. The first-order chi connectivity index (χ1) is 12.4. The molecule has 1 heterocycles. The molecular formula is C18H28N2O7. The molecule has 0 radical (unpaired) electrons. The summed E-state index contributed by atoms with van der Waals surface area (Å²) in [6, 6.07) is 0. The van der Waals surface area contributed by atoms with Crippen molar-refractivity contribution in [2.45, 2.75) is 65.2 Å². The quantitative estimate of drug-likeness (QED) is 0.555. The number of hydrogen-bond donors (Lipinski definition) is 2. The van der Waals surface area contributed by atoms with Crippen LogP contribution in [0.5, 0.6) is 0 Å². The van der Waals surface area contributed by atoms with Gasteiger partial charge in [-0.15, -0.1) is 0 Å². The SMILES string of the molecule is CCOC(=O)[C@]12CCC[C@]1(O)N(NC(=O)OC(C)(C)C)C(C)=C2C(=O)OC. The Labute approximate surface area is 158 Å². The van der Waals surface area contributed by atoms with Crippen molar-refractivity contribution in [1.82, 2.24) is 10.4 Å². The molecule has 0 bridgehead atoms. The Kier molecular flexibility index (Phi) is 5.47. The molecule has 0 spiro atoms. The first kappa shape index (κ1) is 21.0. The van der Waals surface area contributed by atoms with E-state index in [0.717, 1.165) is 5.01 Å². The Balaban J connectivity index is 2.53. The lowest BCUT2D eigenvalue weighted by molar-refractivity contribution is -0.188. The Hall–Kier alpha value is -2.29. The standard InChI is InChI=1S/C18H28N2O7/c1-7-26-14(22)17-9-8-10-18(17,24)20(11(2)12(17)13(21)25-6)19-15(23)27-16(3,4)5/h24H,7-10H2,1-6H3,(H,19,23)/t17-,18-/m1/s1. The van der Waals surface area contributed by atoms with Crippen LogP contribution in [0.3, 0.4) is 0 Å². The molecule has 27 heavy (non-hydrogen) atoms. The zero-order valence-corrected chi connectivity index (χ0v) is 16.7. The summed E-state index contributed by atoms with van der Waals surface area (Å²) in [7, 11) is 1.19. The highest BCUT2D eigenvalue weighted by atomic mass is 16.6. The zero-order chi connectivity index (χ0) is 20.6. The van der Waals surface area contributed by atoms with Crippen molar-refractivity contribution in [2.75, 3.05) is 13.7 Å². The number of nitrogens with zero attached hydrogens (tertiary/aromatic N) is 1. The number of aliphatic hydroxyl groups is 1. The predicted molar refractivity (Wildman–Crippen MR) is 93.8 cm³/mol. The van der Waals surface area contributed by atoms with E-state index in [1.54, 1.807) is 27.7 Å². The van der Waals surface area contributed by atoms with Crippen LogP contribution in [0.4, 0.5) is 4.79 Å².